The van der Waals surface area contributed by atoms with E-state index < -0.39 is 0 Å². The second-order valence-electron chi connectivity index (χ2n) is 4.19. The molecular weight excluding hydrogens is 340 g/mol. The Morgan fingerprint density at radius 1 is 1.40 bits per heavy atom. The SMILES string of the molecule is COCCNCc1ccc(OCc2cncs2)c(Br)c1. The van der Waals surface area contributed by atoms with Crippen molar-refractivity contribution in [3.63, 3.8) is 0 Å². The van der Waals surface area contributed by atoms with Gasteiger partial charge in [-0.15, -0.1) is 11.3 Å². The Bertz CT molecular complexity index is 520. The van der Waals surface area contributed by atoms with Crippen molar-refractivity contribution < 1.29 is 9.47 Å². The van der Waals surface area contributed by atoms with Crippen LogP contribution in [-0.2, 0) is 17.9 Å². The fourth-order valence-electron chi connectivity index (χ4n) is 1.64. The van der Waals surface area contributed by atoms with Gasteiger partial charge in [-0.2, -0.15) is 0 Å². The molecule has 2 rings (SSSR count). The maximum atomic E-state index is 5.76. The van der Waals surface area contributed by atoms with Gasteiger partial charge in [-0.3, -0.25) is 4.98 Å². The molecule has 0 saturated heterocycles. The second kappa shape index (κ2) is 8.36. The zero-order chi connectivity index (χ0) is 14.2. The number of nitrogens with zero attached hydrogens (tertiary/aromatic N) is 1. The van der Waals surface area contributed by atoms with Gasteiger partial charge < -0.3 is 14.8 Å². The first-order chi connectivity index (χ1) is 9.79. The predicted molar refractivity (Wildman–Crippen MR) is 84.2 cm³/mol. The third kappa shape index (κ3) is 4.86. The summed E-state index contributed by atoms with van der Waals surface area (Å²) in [6.07, 6.45) is 1.83. The van der Waals surface area contributed by atoms with Crippen LogP contribution in [0.5, 0.6) is 5.75 Å². The third-order valence-corrected chi connectivity index (χ3v) is 4.03. The summed E-state index contributed by atoms with van der Waals surface area (Å²) in [7, 11) is 1.70. The molecule has 0 unspecified atom stereocenters. The molecule has 0 atom stereocenters. The van der Waals surface area contributed by atoms with Crippen molar-refractivity contribution in [2.75, 3.05) is 20.3 Å². The summed E-state index contributed by atoms with van der Waals surface area (Å²) < 4.78 is 11.7. The Kier molecular flexibility index (Phi) is 6.46. The fraction of sp³-hybridized carbons (Fsp3) is 0.357. The molecule has 1 aromatic carbocycles. The molecule has 2 aromatic rings. The fourth-order valence-corrected chi connectivity index (χ4v) is 2.69. The van der Waals surface area contributed by atoms with E-state index in [1.807, 2.05) is 17.8 Å². The van der Waals surface area contributed by atoms with E-state index in [9.17, 15) is 0 Å². The van der Waals surface area contributed by atoms with E-state index in [2.05, 4.69) is 38.4 Å². The number of nitrogens with one attached hydrogen (secondary N) is 1. The molecule has 108 valence electrons. The molecule has 1 aromatic heterocycles. The van der Waals surface area contributed by atoms with Crippen molar-refractivity contribution in [3.05, 3.63) is 44.8 Å². The number of halogens is 1. The molecule has 0 radical (unpaired) electrons. The summed E-state index contributed by atoms with van der Waals surface area (Å²) in [6.45, 7) is 2.93. The highest BCUT2D eigenvalue weighted by Gasteiger charge is 2.04. The lowest BCUT2D eigenvalue weighted by atomic mass is 10.2. The number of ether oxygens (including phenoxy) is 2. The molecule has 0 amide bonds. The van der Waals surface area contributed by atoms with Crippen LogP contribution in [0.4, 0.5) is 0 Å². The van der Waals surface area contributed by atoms with E-state index >= 15 is 0 Å². The maximum absolute atomic E-state index is 5.76. The van der Waals surface area contributed by atoms with Gasteiger partial charge >= 0.3 is 0 Å². The van der Waals surface area contributed by atoms with Gasteiger partial charge in [0.2, 0.25) is 0 Å². The predicted octanol–water partition coefficient (Wildman–Crippen LogP) is 3.22. The van der Waals surface area contributed by atoms with Crippen molar-refractivity contribution in [3.8, 4) is 5.75 Å². The van der Waals surface area contributed by atoms with Gasteiger partial charge in [0.15, 0.2) is 0 Å². The smallest absolute Gasteiger partial charge is 0.134 e. The Morgan fingerprint density at radius 3 is 3.00 bits per heavy atom. The average molecular weight is 357 g/mol. The Morgan fingerprint density at radius 2 is 2.30 bits per heavy atom. The van der Waals surface area contributed by atoms with Gasteiger partial charge in [0, 0.05) is 26.4 Å². The zero-order valence-electron chi connectivity index (χ0n) is 11.3. The van der Waals surface area contributed by atoms with E-state index in [0.717, 1.165) is 34.8 Å². The number of benzene rings is 1. The van der Waals surface area contributed by atoms with Crippen molar-refractivity contribution in [2.45, 2.75) is 13.2 Å². The molecule has 0 aliphatic heterocycles. The lowest BCUT2D eigenvalue weighted by Crippen LogP contribution is -2.18. The molecule has 0 fully saturated rings. The molecule has 1 heterocycles. The normalized spacial score (nSPS) is 10.7. The van der Waals surface area contributed by atoms with Gasteiger partial charge in [0.1, 0.15) is 12.4 Å². The summed E-state index contributed by atoms with van der Waals surface area (Å²) in [6, 6.07) is 6.12. The highest BCUT2D eigenvalue weighted by atomic mass is 79.9. The highest BCUT2D eigenvalue weighted by Crippen LogP contribution is 2.27. The third-order valence-electron chi connectivity index (χ3n) is 2.66. The lowest BCUT2D eigenvalue weighted by Gasteiger charge is -2.09. The second-order valence-corrected chi connectivity index (χ2v) is 6.02. The first-order valence-electron chi connectivity index (χ1n) is 6.28. The van der Waals surface area contributed by atoms with Crippen molar-refractivity contribution in [2.24, 2.45) is 0 Å². The minimum absolute atomic E-state index is 0.550. The van der Waals surface area contributed by atoms with Crippen LogP contribution in [0.1, 0.15) is 10.4 Å². The van der Waals surface area contributed by atoms with Gasteiger partial charge in [-0.1, -0.05) is 6.07 Å². The number of methoxy groups -OCH3 is 1. The molecular formula is C14H17BrN2O2S. The zero-order valence-corrected chi connectivity index (χ0v) is 13.7. The van der Waals surface area contributed by atoms with Crippen LogP contribution in [0.15, 0.2) is 34.4 Å². The highest BCUT2D eigenvalue weighted by molar-refractivity contribution is 9.10. The van der Waals surface area contributed by atoms with Crippen LogP contribution in [-0.4, -0.2) is 25.2 Å². The molecule has 0 saturated carbocycles. The lowest BCUT2D eigenvalue weighted by molar-refractivity contribution is 0.199. The topological polar surface area (TPSA) is 43.4 Å². The quantitative estimate of drug-likeness (QED) is 0.737. The van der Waals surface area contributed by atoms with Gasteiger partial charge in [-0.25, -0.2) is 0 Å². The van der Waals surface area contributed by atoms with Crippen LogP contribution < -0.4 is 10.1 Å². The minimum Gasteiger partial charge on any atom is -0.487 e. The summed E-state index contributed by atoms with van der Waals surface area (Å²) in [4.78, 5) is 5.14. The Labute approximate surface area is 131 Å². The largest absolute Gasteiger partial charge is 0.487 e. The van der Waals surface area contributed by atoms with Crippen LogP contribution in [0, 0.1) is 0 Å². The standard InChI is InChI=1S/C14H17BrN2O2S/c1-18-5-4-16-7-11-2-3-14(13(15)6-11)19-9-12-8-17-10-20-12/h2-3,6,8,10,16H,4-5,7,9H2,1H3. The number of aromatic nitrogens is 1. The van der Waals surface area contributed by atoms with E-state index in [4.69, 9.17) is 9.47 Å². The first-order valence-corrected chi connectivity index (χ1v) is 7.95. The summed E-state index contributed by atoms with van der Waals surface area (Å²) in [5.41, 5.74) is 3.01. The summed E-state index contributed by atoms with van der Waals surface area (Å²) >= 11 is 5.14. The van der Waals surface area contributed by atoms with Crippen LogP contribution >= 0.6 is 27.3 Å². The first kappa shape index (κ1) is 15.4. The molecule has 0 aliphatic rings. The molecule has 0 bridgehead atoms. The molecule has 20 heavy (non-hydrogen) atoms. The van der Waals surface area contributed by atoms with E-state index in [-0.39, 0.29) is 0 Å². The number of rotatable bonds is 8. The van der Waals surface area contributed by atoms with E-state index in [1.165, 1.54) is 5.56 Å². The molecule has 0 aliphatic carbocycles. The minimum atomic E-state index is 0.550. The van der Waals surface area contributed by atoms with Crippen molar-refractivity contribution >= 4 is 27.3 Å². The van der Waals surface area contributed by atoms with Crippen molar-refractivity contribution in [1.82, 2.24) is 10.3 Å². The van der Waals surface area contributed by atoms with Crippen LogP contribution in [0.2, 0.25) is 0 Å². The summed E-state index contributed by atoms with van der Waals surface area (Å²) in [5.74, 6) is 0.846. The molecule has 4 nitrogen and oxygen atoms in total. The van der Waals surface area contributed by atoms with E-state index in [1.54, 1.807) is 18.4 Å². The average Bonchev–Trinajstić information content (AvgIpc) is 2.96. The van der Waals surface area contributed by atoms with Crippen molar-refractivity contribution in [1.29, 1.82) is 0 Å². The monoisotopic (exact) mass is 356 g/mol. The van der Waals surface area contributed by atoms with E-state index in [0.29, 0.717) is 6.61 Å². The maximum Gasteiger partial charge on any atom is 0.134 e. The Balaban J connectivity index is 1.85. The Hall–Kier alpha value is -0.950. The van der Waals surface area contributed by atoms with Crippen LogP contribution in [0.3, 0.4) is 0 Å². The molecule has 1 N–H and O–H groups in total. The van der Waals surface area contributed by atoms with Crippen LogP contribution in [0.25, 0.3) is 0 Å². The van der Waals surface area contributed by atoms with Gasteiger partial charge in [0.25, 0.3) is 0 Å². The number of hydrogen-bond acceptors (Lipinski definition) is 5. The van der Waals surface area contributed by atoms with Gasteiger partial charge in [0.05, 0.1) is 21.5 Å². The number of thiazole rings is 1. The molecule has 6 heteroatoms. The van der Waals surface area contributed by atoms with Gasteiger partial charge in [-0.05, 0) is 33.6 Å². The number of hydrogen-bond donors (Lipinski definition) is 1. The molecule has 0 spiro atoms. The summed E-state index contributed by atoms with van der Waals surface area (Å²) in [5, 5.41) is 3.31.